The molecule has 1 aromatic rings. The molecule has 1 rings (SSSR count). The number of benzene rings is 1. The van der Waals surface area contributed by atoms with Crippen molar-refractivity contribution in [2.75, 3.05) is 13.2 Å². The van der Waals surface area contributed by atoms with Crippen LogP contribution in [0.3, 0.4) is 0 Å². The second-order valence-corrected chi connectivity index (χ2v) is 5.90. The number of aryl methyl sites for hydroxylation is 1. The molecule has 1 atom stereocenters. The highest BCUT2D eigenvalue weighted by Gasteiger charge is 2.18. The Balaban J connectivity index is 2.54. The van der Waals surface area contributed by atoms with E-state index < -0.39 is 16.2 Å². The summed E-state index contributed by atoms with van der Waals surface area (Å²) in [4.78, 5) is 0.178. The molecule has 0 saturated carbocycles. The second kappa shape index (κ2) is 7.43. The summed E-state index contributed by atoms with van der Waals surface area (Å²) in [5.74, 6) is 0. The Labute approximate surface area is 115 Å². The van der Waals surface area contributed by atoms with Gasteiger partial charge in [0.25, 0.3) is 10.1 Å². The molecule has 0 saturated heterocycles. The third-order valence-corrected chi connectivity index (χ3v) is 3.94. The van der Waals surface area contributed by atoms with Crippen LogP contribution in [0.25, 0.3) is 0 Å². The van der Waals surface area contributed by atoms with Gasteiger partial charge in [0.15, 0.2) is 0 Å². The first-order valence-corrected chi connectivity index (χ1v) is 7.55. The SMILES string of the molecule is C=CCOCC[C@H](C)OS(=O)(=O)c1ccc(C)cc1. The van der Waals surface area contributed by atoms with Gasteiger partial charge in [-0.3, -0.25) is 4.18 Å². The van der Waals surface area contributed by atoms with E-state index in [0.29, 0.717) is 19.6 Å². The van der Waals surface area contributed by atoms with Gasteiger partial charge in [0.1, 0.15) is 0 Å². The maximum Gasteiger partial charge on any atom is 0.297 e. The molecule has 0 fully saturated rings. The van der Waals surface area contributed by atoms with Crippen LogP contribution in [0.4, 0.5) is 0 Å². The van der Waals surface area contributed by atoms with Gasteiger partial charge in [-0.05, 0) is 32.4 Å². The average Bonchev–Trinajstić information content (AvgIpc) is 2.34. The van der Waals surface area contributed by atoms with Crippen molar-refractivity contribution in [3.8, 4) is 0 Å². The molecule has 0 heterocycles. The van der Waals surface area contributed by atoms with E-state index in [4.69, 9.17) is 8.92 Å². The van der Waals surface area contributed by atoms with Crippen LogP contribution < -0.4 is 0 Å². The van der Waals surface area contributed by atoms with E-state index in [0.717, 1.165) is 5.56 Å². The third kappa shape index (κ3) is 5.55. The van der Waals surface area contributed by atoms with Crippen LogP contribution in [0.1, 0.15) is 18.9 Å². The number of hydrogen-bond donors (Lipinski definition) is 0. The number of rotatable bonds is 8. The lowest BCUT2D eigenvalue weighted by Crippen LogP contribution is -2.17. The first-order chi connectivity index (χ1) is 8.95. The molecule has 5 heteroatoms. The van der Waals surface area contributed by atoms with Crippen molar-refractivity contribution >= 4 is 10.1 Å². The molecule has 4 nitrogen and oxygen atoms in total. The van der Waals surface area contributed by atoms with Crippen LogP contribution in [0.15, 0.2) is 41.8 Å². The maximum absolute atomic E-state index is 12.0. The van der Waals surface area contributed by atoms with Crippen molar-refractivity contribution in [1.82, 2.24) is 0 Å². The van der Waals surface area contributed by atoms with Crippen LogP contribution in [-0.4, -0.2) is 27.7 Å². The molecule has 106 valence electrons. The van der Waals surface area contributed by atoms with Gasteiger partial charge >= 0.3 is 0 Å². The molecule has 0 N–H and O–H groups in total. The zero-order valence-electron chi connectivity index (χ0n) is 11.3. The molecular weight excluding hydrogens is 264 g/mol. The normalized spacial score (nSPS) is 13.2. The maximum atomic E-state index is 12.0. The highest BCUT2D eigenvalue weighted by atomic mass is 32.2. The molecule has 0 amide bonds. The first kappa shape index (κ1) is 15.9. The summed E-state index contributed by atoms with van der Waals surface area (Å²) in [6.45, 7) is 8.04. The predicted molar refractivity (Wildman–Crippen MR) is 74.5 cm³/mol. The van der Waals surface area contributed by atoms with Gasteiger partial charge < -0.3 is 4.74 Å². The Bertz CT molecular complexity index is 491. The third-order valence-electron chi connectivity index (χ3n) is 2.51. The number of ether oxygens (including phenoxy) is 1. The zero-order valence-corrected chi connectivity index (χ0v) is 12.2. The summed E-state index contributed by atoms with van der Waals surface area (Å²) in [5, 5.41) is 0. The molecule has 1 aromatic carbocycles. The van der Waals surface area contributed by atoms with E-state index in [9.17, 15) is 8.42 Å². The Morgan fingerprint density at radius 2 is 1.95 bits per heavy atom. The van der Waals surface area contributed by atoms with Crippen molar-refractivity contribution in [3.63, 3.8) is 0 Å². The Morgan fingerprint density at radius 3 is 2.53 bits per heavy atom. The number of hydrogen-bond acceptors (Lipinski definition) is 4. The van der Waals surface area contributed by atoms with Crippen LogP contribution in [0.5, 0.6) is 0 Å². The van der Waals surface area contributed by atoms with Gasteiger partial charge in [0.2, 0.25) is 0 Å². The van der Waals surface area contributed by atoms with Crippen molar-refractivity contribution in [2.24, 2.45) is 0 Å². The fraction of sp³-hybridized carbons (Fsp3) is 0.429. The van der Waals surface area contributed by atoms with Gasteiger partial charge in [-0.2, -0.15) is 8.42 Å². The fourth-order valence-electron chi connectivity index (χ4n) is 1.44. The van der Waals surface area contributed by atoms with Gasteiger partial charge in [0.05, 0.1) is 17.6 Å². The van der Waals surface area contributed by atoms with E-state index in [2.05, 4.69) is 6.58 Å². The van der Waals surface area contributed by atoms with Gasteiger partial charge in [-0.1, -0.05) is 23.8 Å². The lowest BCUT2D eigenvalue weighted by atomic mass is 10.2. The first-order valence-electron chi connectivity index (χ1n) is 6.14. The summed E-state index contributed by atoms with van der Waals surface area (Å²) in [6.07, 6.45) is 1.74. The van der Waals surface area contributed by atoms with Crippen molar-refractivity contribution in [2.45, 2.75) is 31.3 Å². The smallest absolute Gasteiger partial charge is 0.297 e. The summed E-state index contributed by atoms with van der Waals surface area (Å²) in [6, 6.07) is 6.58. The Hall–Kier alpha value is -1.17. The van der Waals surface area contributed by atoms with E-state index >= 15 is 0 Å². The van der Waals surface area contributed by atoms with Crippen LogP contribution in [-0.2, 0) is 19.0 Å². The van der Waals surface area contributed by atoms with Crippen molar-refractivity contribution < 1.29 is 17.3 Å². The standard InChI is InChI=1S/C14H20O4S/c1-4-10-17-11-9-13(3)18-19(15,16)14-7-5-12(2)6-8-14/h4-8,13H,1,9-11H2,2-3H3/t13-/m0/s1. The molecule has 19 heavy (non-hydrogen) atoms. The van der Waals surface area contributed by atoms with E-state index in [-0.39, 0.29) is 4.90 Å². The highest BCUT2D eigenvalue weighted by Crippen LogP contribution is 2.16. The fourth-order valence-corrected chi connectivity index (χ4v) is 2.55. The Kier molecular flexibility index (Phi) is 6.21. The van der Waals surface area contributed by atoms with Crippen LogP contribution >= 0.6 is 0 Å². The van der Waals surface area contributed by atoms with Crippen molar-refractivity contribution in [1.29, 1.82) is 0 Å². The summed E-state index contributed by atoms with van der Waals surface area (Å²) >= 11 is 0. The molecule has 0 bridgehead atoms. The summed E-state index contributed by atoms with van der Waals surface area (Å²) in [5.41, 5.74) is 1.00. The predicted octanol–water partition coefficient (Wildman–Crippen LogP) is 2.68. The highest BCUT2D eigenvalue weighted by molar-refractivity contribution is 7.86. The van der Waals surface area contributed by atoms with Gasteiger partial charge in [0, 0.05) is 6.61 Å². The minimum atomic E-state index is -3.69. The van der Waals surface area contributed by atoms with E-state index in [1.807, 2.05) is 6.92 Å². The van der Waals surface area contributed by atoms with Gasteiger partial charge in [-0.25, -0.2) is 0 Å². The zero-order chi connectivity index (χ0) is 14.3. The molecule has 0 unspecified atom stereocenters. The minimum Gasteiger partial charge on any atom is -0.377 e. The van der Waals surface area contributed by atoms with E-state index in [1.165, 1.54) is 0 Å². The Morgan fingerprint density at radius 1 is 1.32 bits per heavy atom. The average molecular weight is 284 g/mol. The molecule has 0 radical (unpaired) electrons. The van der Waals surface area contributed by atoms with Crippen LogP contribution in [0.2, 0.25) is 0 Å². The quantitative estimate of drug-likeness (QED) is 0.418. The summed E-state index contributed by atoms with van der Waals surface area (Å²) < 4.78 is 34.2. The van der Waals surface area contributed by atoms with E-state index in [1.54, 1.807) is 37.3 Å². The van der Waals surface area contributed by atoms with Crippen molar-refractivity contribution in [3.05, 3.63) is 42.5 Å². The molecule has 0 spiro atoms. The largest absolute Gasteiger partial charge is 0.377 e. The monoisotopic (exact) mass is 284 g/mol. The second-order valence-electron chi connectivity index (χ2n) is 4.33. The van der Waals surface area contributed by atoms with Crippen LogP contribution in [0, 0.1) is 6.92 Å². The molecule has 0 aliphatic rings. The lowest BCUT2D eigenvalue weighted by Gasteiger charge is -2.13. The minimum absolute atomic E-state index is 0.178. The van der Waals surface area contributed by atoms with Gasteiger partial charge in [-0.15, -0.1) is 6.58 Å². The molecule has 0 aromatic heterocycles. The molecule has 0 aliphatic carbocycles. The molecule has 0 aliphatic heterocycles. The topological polar surface area (TPSA) is 52.6 Å². The molecular formula is C14H20O4S. The summed E-state index contributed by atoms with van der Waals surface area (Å²) in [7, 11) is -3.69. The lowest BCUT2D eigenvalue weighted by molar-refractivity contribution is 0.118.